The Hall–Kier alpha value is -2.82. The average Bonchev–Trinajstić information content (AvgIpc) is 2.49. The molecule has 1 atom stereocenters. The largest absolute Gasteiger partial charge is 0.550 e. The van der Waals surface area contributed by atoms with Gasteiger partial charge in [0.2, 0.25) is 5.91 Å². The molecule has 0 heterocycles. The summed E-state index contributed by atoms with van der Waals surface area (Å²) in [6.07, 6.45) is 0.00746. The summed E-state index contributed by atoms with van der Waals surface area (Å²) in [5, 5.41) is 13.2. The number of para-hydroxylation sites is 1. The maximum absolute atomic E-state index is 11.8. The van der Waals surface area contributed by atoms with Crippen molar-refractivity contribution >= 4 is 17.6 Å². The molecule has 5 heteroatoms. The molecule has 2 aromatic rings. The fourth-order valence-corrected chi connectivity index (χ4v) is 2.12. The second-order valence-corrected chi connectivity index (χ2v) is 5.37. The highest BCUT2D eigenvalue weighted by Gasteiger charge is 2.10. The van der Waals surface area contributed by atoms with Gasteiger partial charge in [0.15, 0.2) is 0 Å². The van der Waals surface area contributed by atoms with Gasteiger partial charge in [-0.25, -0.2) is 0 Å². The summed E-state index contributed by atoms with van der Waals surface area (Å²) in [5.74, 6) is -0.233. The van der Waals surface area contributed by atoms with Gasteiger partial charge >= 0.3 is 0 Å². The summed E-state index contributed by atoms with van der Waals surface area (Å²) in [7, 11) is 0. The van der Waals surface area contributed by atoms with Crippen LogP contribution >= 0.6 is 0 Å². The van der Waals surface area contributed by atoms with Crippen LogP contribution in [-0.4, -0.2) is 11.9 Å². The molecule has 0 saturated carbocycles. The smallest absolute Gasteiger partial charge is 0.224 e. The maximum atomic E-state index is 11.8. The third-order valence-corrected chi connectivity index (χ3v) is 3.17. The summed E-state index contributed by atoms with van der Waals surface area (Å²) < 4.78 is 5.66. The summed E-state index contributed by atoms with van der Waals surface area (Å²) >= 11 is 0. The first-order valence-electron chi connectivity index (χ1n) is 7.35. The Labute approximate surface area is 134 Å². The summed E-state index contributed by atoms with van der Waals surface area (Å²) in [5.41, 5.74) is 0.635. The van der Waals surface area contributed by atoms with E-state index in [1.165, 1.54) is 0 Å². The predicted molar refractivity (Wildman–Crippen MR) is 85.0 cm³/mol. The first-order valence-corrected chi connectivity index (χ1v) is 7.35. The Morgan fingerprint density at radius 2 is 1.61 bits per heavy atom. The number of carbonyl (C=O) groups excluding carboxylic acids is 2. The normalized spacial score (nSPS) is 11.5. The number of amides is 1. The van der Waals surface area contributed by atoms with Gasteiger partial charge in [0.1, 0.15) is 11.5 Å². The van der Waals surface area contributed by atoms with Gasteiger partial charge in [0.05, 0.1) is 0 Å². The lowest BCUT2D eigenvalue weighted by Gasteiger charge is -2.12. The monoisotopic (exact) mass is 312 g/mol. The SMILES string of the molecule is C[C@H](CC(=O)[O-])CC(=O)Nc1ccc(Oc2ccccc2)cc1. The highest BCUT2D eigenvalue weighted by molar-refractivity contribution is 5.91. The number of rotatable bonds is 7. The van der Waals surface area contributed by atoms with E-state index in [0.29, 0.717) is 11.4 Å². The highest BCUT2D eigenvalue weighted by Crippen LogP contribution is 2.22. The molecule has 23 heavy (non-hydrogen) atoms. The van der Waals surface area contributed by atoms with E-state index < -0.39 is 5.97 Å². The van der Waals surface area contributed by atoms with Crippen LogP contribution in [0.2, 0.25) is 0 Å². The van der Waals surface area contributed by atoms with Crippen LogP contribution in [0.4, 0.5) is 5.69 Å². The number of hydrogen-bond acceptors (Lipinski definition) is 4. The van der Waals surface area contributed by atoms with Crippen LogP contribution in [0.3, 0.4) is 0 Å². The molecule has 0 fully saturated rings. The fourth-order valence-electron chi connectivity index (χ4n) is 2.12. The Morgan fingerprint density at radius 3 is 2.22 bits per heavy atom. The van der Waals surface area contributed by atoms with Gasteiger partial charge in [-0.05, 0) is 48.7 Å². The number of benzene rings is 2. The molecule has 5 nitrogen and oxygen atoms in total. The number of aliphatic carboxylic acids is 1. The van der Waals surface area contributed by atoms with E-state index in [0.717, 1.165) is 5.75 Å². The van der Waals surface area contributed by atoms with Crippen molar-refractivity contribution in [1.29, 1.82) is 0 Å². The van der Waals surface area contributed by atoms with Gasteiger partial charge < -0.3 is 20.0 Å². The van der Waals surface area contributed by atoms with Crippen molar-refractivity contribution in [3.8, 4) is 11.5 Å². The zero-order chi connectivity index (χ0) is 16.7. The third-order valence-electron chi connectivity index (χ3n) is 3.17. The van der Waals surface area contributed by atoms with E-state index in [2.05, 4.69) is 5.32 Å². The molecule has 0 aliphatic carbocycles. The number of ether oxygens (including phenoxy) is 1. The summed E-state index contributed by atoms with van der Waals surface area (Å²) in [6, 6.07) is 16.4. The van der Waals surface area contributed by atoms with Gasteiger partial charge in [-0.15, -0.1) is 0 Å². The second-order valence-electron chi connectivity index (χ2n) is 5.37. The van der Waals surface area contributed by atoms with Crippen LogP contribution in [0, 0.1) is 5.92 Å². The van der Waals surface area contributed by atoms with E-state index in [1.807, 2.05) is 30.3 Å². The van der Waals surface area contributed by atoms with E-state index in [-0.39, 0.29) is 24.7 Å². The molecule has 0 radical (unpaired) electrons. The van der Waals surface area contributed by atoms with Crippen molar-refractivity contribution < 1.29 is 19.4 Å². The molecule has 0 bridgehead atoms. The number of carboxylic acid groups (broad SMARTS) is 1. The van der Waals surface area contributed by atoms with Gasteiger partial charge in [0.25, 0.3) is 0 Å². The second kappa shape index (κ2) is 7.98. The van der Waals surface area contributed by atoms with E-state index in [1.54, 1.807) is 31.2 Å². The summed E-state index contributed by atoms with van der Waals surface area (Å²) in [4.78, 5) is 22.3. The third kappa shape index (κ3) is 5.82. The molecule has 0 aliphatic heterocycles. The number of nitrogens with one attached hydrogen (secondary N) is 1. The van der Waals surface area contributed by atoms with Crippen molar-refractivity contribution in [2.24, 2.45) is 5.92 Å². The van der Waals surface area contributed by atoms with E-state index >= 15 is 0 Å². The minimum Gasteiger partial charge on any atom is -0.550 e. The topological polar surface area (TPSA) is 78.5 Å². The van der Waals surface area contributed by atoms with Gasteiger partial charge in [-0.1, -0.05) is 25.1 Å². The Balaban J connectivity index is 1.87. The zero-order valence-electron chi connectivity index (χ0n) is 12.8. The molecule has 2 rings (SSSR count). The molecule has 120 valence electrons. The standard InChI is InChI=1S/C18H19NO4/c1-13(12-18(21)22)11-17(20)19-14-7-9-16(10-8-14)23-15-5-3-2-4-6-15/h2-10,13H,11-12H2,1H3,(H,19,20)(H,21,22)/p-1/t13-/m0/s1. The molecule has 2 aromatic carbocycles. The lowest BCUT2D eigenvalue weighted by molar-refractivity contribution is -0.306. The molecular weight excluding hydrogens is 294 g/mol. The molecule has 0 aliphatic rings. The minimum absolute atomic E-state index is 0.128. The van der Waals surface area contributed by atoms with Gasteiger partial charge in [-0.3, -0.25) is 4.79 Å². The van der Waals surface area contributed by atoms with Crippen molar-refractivity contribution in [2.75, 3.05) is 5.32 Å². The number of carboxylic acids is 1. The Bertz CT molecular complexity index is 652. The van der Waals surface area contributed by atoms with Crippen molar-refractivity contribution in [2.45, 2.75) is 19.8 Å². The average molecular weight is 312 g/mol. The lowest BCUT2D eigenvalue weighted by Crippen LogP contribution is -2.26. The number of carbonyl (C=O) groups is 2. The van der Waals surface area contributed by atoms with Crippen LogP contribution in [0.25, 0.3) is 0 Å². The Morgan fingerprint density at radius 1 is 1.00 bits per heavy atom. The molecule has 1 amide bonds. The predicted octanol–water partition coefficient (Wildman–Crippen LogP) is 2.58. The minimum atomic E-state index is -1.15. The van der Waals surface area contributed by atoms with Crippen LogP contribution in [0.15, 0.2) is 54.6 Å². The molecular formula is C18H18NO4-. The van der Waals surface area contributed by atoms with E-state index in [4.69, 9.17) is 4.74 Å². The van der Waals surface area contributed by atoms with Crippen LogP contribution in [0.5, 0.6) is 11.5 Å². The van der Waals surface area contributed by atoms with Crippen LogP contribution in [0.1, 0.15) is 19.8 Å². The quantitative estimate of drug-likeness (QED) is 0.852. The number of hydrogen-bond donors (Lipinski definition) is 1. The highest BCUT2D eigenvalue weighted by atomic mass is 16.5. The van der Waals surface area contributed by atoms with Crippen LogP contribution in [-0.2, 0) is 9.59 Å². The fraction of sp³-hybridized carbons (Fsp3) is 0.222. The first-order chi connectivity index (χ1) is 11.0. The first kappa shape index (κ1) is 16.5. The van der Waals surface area contributed by atoms with Gasteiger partial charge in [-0.2, -0.15) is 0 Å². The summed E-state index contributed by atoms with van der Waals surface area (Å²) in [6.45, 7) is 1.70. The Kier molecular flexibility index (Phi) is 5.74. The van der Waals surface area contributed by atoms with Crippen molar-refractivity contribution in [3.63, 3.8) is 0 Å². The molecule has 0 aromatic heterocycles. The van der Waals surface area contributed by atoms with Crippen molar-refractivity contribution in [3.05, 3.63) is 54.6 Å². The molecule has 1 N–H and O–H groups in total. The van der Waals surface area contributed by atoms with Gasteiger partial charge in [0, 0.05) is 18.1 Å². The lowest BCUT2D eigenvalue weighted by atomic mass is 10.0. The molecule has 0 saturated heterocycles. The maximum Gasteiger partial charge on any atom is 0.224 e. The van der Waals surface area contributed by atoms with Crippen molar-refractivity contribution in [1.82, 2.24) is 0 Å². The number of anilines is 1. The molecule has 0 spiro atoms. The molecule has 0 unspecified atom stereocenters. The van der Waals surface area contributed by atoms with Crippen LogP contribution < -0.4 is 15.2 Å². The zero-order valence-corrected chi connectivity index (χ0v) is 12.8. The van der Waals surface area contributed by atoms with E-state index in [9.17, 15) is 14.7 Å².